The summed E-state index contributed by atoms with van der Waals surface area (Å²) in [6.45, 7) is 4.16. The second-order valence-electron chi connectivity index (χ2n) is 3.69. The van der Waals surface area contributed by atoms with Crippen molar-refractivity contribution in [2.75, 3.05) is 0 Å². The van der Waals surface area contributed by atoms with Gasteiger partial charge < -0.3 is 0 Å². The van der Waals surface area contributed by atoms with E-state index in [1.54, 1.807) is 0 Å². The highest BCUT2D eigenvalue weighted by atomic mass is 79.9. The van der Waals surface area contributed by atoms with Crippen molar-refractivity contribution in [3.8, 4) is 0 Å². The van der Waals surface area contributed by atoms with Gasteiger partial charge in [-0.1, -0.05) is 60.5 Å². The smallest absolute Gasteiger partial charge is 0.176 e. The topological polar surface area (TPSA) is 17.1 Å². The molecule has 1 unspecified atom stereocenters. The van der Waals surface area contributed by atoms with Gasteiger partial charge in [0.1, 0.15) is 0 Å². The first kappa shape index (κ1) is 12.4. The zero-order chi connectivity index (χ0) is 11.3. The molecule has 82 valence electrons. The van der Waals surface area contributed by atoms with Gasteiger partial charge in [0, 0.05) is 5.56 Å². The summed E-state index contributed by atoms with van der Waals surface area (Å²) in [6, 6.07) is 7.95. The van der Waals surface area contributed by atoms with Crippen molar-refractivity contribution in [2.24, 2.45) is 0 Å². The van der Waals surface area contributed by atoms with Crippen LogP contribution in [0.5, 0.6) is 0 Å². The molecule has 0 N–H and O–H groups in total. The number of halogens is 1. The molecule has 0 aromatic heterocycles. The number of ketones is 1. The monoisotopic (exact) mass is 268 g/mol. The third-order valence-corrected chi connectivity index (χ3v) is 3.48. The Morgan fingerprint density at radius 2 is 1.87 bits per heavy atom. The van der Waals surface area contributed by atoms with E-state index in [0.717, 1.165) is 24.8 Å². The Morgan fingerprint density at radius 3 is 2.33 bits per heavy atom. The van der Waals surface area contributed by atoms with Gasteiger partial charge in [-0.05, 0) is 18.4 Å². The van der Waals surface area contributed by atoms with Gasteiger partial charge in [0.25, 0.3) is 0 Å². The van der Waals surface area contributed by atoms with Crippen molar-refractivity contribution in [2.45, 2.75) is 37.9 Å². The maximum absolute atomic E-state index is 11.8. The molecular formula is C13H17BrO. The van der Waals surface area contributed by atoms with E-state index in [-0.39, 0.29) is 10.6 Å². The third kappa shape index (κ3) is 3.45. The lowest BCUT2D eigenvalue weighted by Gasteiger charge is -2.06. The molecule has 0 saturated carbocycles. The minimum Gasteiger partial charge on any atom is -0.293 e. The van der Waals surface area contributed by atoms with Crippen molar-refractivity contribution in [1.29, 1.82) is 0 Å². The molecule has 0 spiro atoms. The number of alkyl halides is 1. The number of benzene rings is 1. The summed E-state index contributed by atoms with van der Waals surface area (Å²) in [7, 11) is 0. The maximum atomic E-state index is 11.8. The Bertz CT molecular complexity index is 316. The molecule has 0 heterocycles. The Morgan fingerprint density at radius 1 is 1.27 bits per heavy atom. The summed E-state index contributed by atoms with van der Waals surface area (Å²) in [5.74, 6) is 0.181. The Labute approximate surface area is 100 Å². The van der Waals surface area contributed by atoms with Crippen LogP contribution < -0.4 is 0 Å². The summed E-state index contributed by atoms with van der Waals surface area (Å²) >= 11 is 3.38. The molecule has 0 amide bonds. The standard InChI is InChI=1S/C13H17BrO/c1-3-5-10-6-8-11(9-7-10)13(15)12(14)4-2/h6-9,12H,3-5H2,1-2H3. The predicted octanol–water partition coefficient (Wildman–Crippen LogP) is 4.00. The number of carbonyl (C=O) groups excluding carboxylic acids is 1. The fourth-order valence-electron chi connectivity index (χ4n) is 1.49. The molecule has 1 rings (SSSR count). The number of aryl methyl sites for hydroxylation is 1. The maximum Gasteiger partial charge on any atom is 0.176 e. The fraction of sp³-hybridized carbons (Fsp3) is 0.462. The van der Waals surface area contributed by atoms with E-state index >= 15 is 0 Å². The molecule has 0 fully saturated rings. The van der Waals surface area contributed by atoms with Crippen molar-refractivity contribution in [1.82, 2.24) is 0 Å². The Hall–Kier alpha value is -0.630. The number of rotatable bonds is 5. The van der Waals surface area contributed by atoms with Gasteiger partial charge in [-0.3, -0.25) is 4.79 Å². The van der Waals surface area contributed by atoms with E-state index in [9.17, 15) is 4.79 Å². The molecule has 15 heavy (non-hydrogen) atoms. The molecular weight excluding hydrogens is 252 g/mol. The van der Waals surface area contributed by atoms with Crippen molar-refractivity contribution >= 4 is 21.7 Å². The lowest BCUT2D eigenvalue weighted by atomic mass is 10.0. The first-order valence-corrected chi connectivity index (χ1v) is 6.37. The highest BCUT2D eigenvalue weighted by Gasteiger charge is 2.14. The molecule has 1 aromatic carbocycles. The van der Waals surface area contributed by atoms with Gasteiger partial charge in [-0.2, -0.15) is 0 Å². The molecule has 0 aliphatic carbocycles. The van der Waals surface area contributed by atoms with E-state index in [0.29, 0.717) is 0 Å². The second kappa shape index (κ2) is 6.06. The normalized spacial score (nSPS) is 12.5. The van der Waals surface area contributed by atoms with E-state index in [1.807, 2.05) is 31.2 Å². The van der Waals surface area contributed by atoms with E-state index in [1.165, 1.54) is 5.56 Å². The van der Waals surface area contributed by atoms with E-state index < -0.39 is 0 Å². The molecule has 0 radical (unpaired) electrons. The predicted molar refractivity (Wildman–Crippen MR) is 67.8 cm³/mol. The van der Waals surface area contributed by atoms with Crippen LogP contribution in [0.3, 0.4) is 0 Å². The molecule has 0 aliphatic heterocycles. The number of hydrogen-bond acceptors (Lipinski definition) is 1. The molecule has 0 saturated heterocycles. The molecule has 0 aliphatic rings. The summed E-state index contributed by atoms with van der Waals surface area (Å²) in [6.07, 6.45) is 3.05. The van der Waals surface area contributed by atoms with Gasteiger partial charge >= 0.3 is 0 Å². The van der Waals surface area contributed by atoms with Gasteiger partial charge in [-0.25, -0.2) is 0 Å². The van der Waals surface area contributed by atoms with Crippen LogP contribution in [0.2, 0.25) is 0 Å². The van der Waals surface area contributed by atoms with Crippen LogP contribution in [0.25, 0.3) is 0 Å². The van der Waals surface area contributed by atoms with Crippen molar-refractivity contribution in [3.63, 3.8) is 0 Å². The average molecular weight is 269 g/mol. The van der Waals surface area contributed by atoms with Crippen LogP contribution in [-0.4, -0.2) is 10.6 Å². The quantitative estimate of drug-likeness (QED) is 0.583. The van der Waals surface area contributed by atoms with Crippen molar-refractivity contribution < 1.29 is 4.79 Å². The Kier molecular flexibility index (Phi) is 5.03. The number of Topliss-reactive ketones (excluding diaryl/α,β-unsaturated/α-hetero) is 1. The lowest BCUT2D eigenvalue weighted by Crippen LogP contribution is -2.12. The van der Waals surface area contributed by atoms with Crippen LogP contribution >= 0.6 is 15.9 Å². The van der Waals surface area contributed by atoms with Crippen LogP contribution in [0.15, 0.2) is 24.3 Å². The number of carbonyl (C=O) groups is 1. The van der Waals surface area contributed by atoms with Crippen LogP contribution in [0.1, 0.15) is 42.6 Å². The molecule has 1 atom stereocenters. The SMILES string of the molecule is CCCc1ccc(C(=O)C(Br)CC)cc1. The summed E-state index contributed by atoms with van der Waals surface area (Å²) in [4.78, 5) is 11.8. The first-order chi connectivity index (χ1) is 7.19. The first-order valence-electron chi connectivity index (χ1n) is 5.46. The minimum atomic E-state index is -0.0467. The second-order valence-corrected chi connectivity index (χ2v) is 4.79. The van der Waals surface area contributed by atoms with Crippen molar-refractivity contribution in [3.05, 3.63) is 35.4 Å². The minimum absolute atomic E-state index is 0.0467. The molecule has 1 nitrogen and oxygen atoms in total. The van der Waals surface area contributed by atoms with E-state index in [4.69, 9.17) is 0 Å². The van der Waals surface area contributed by atoms with Crippen LogP contribution in [0.4, 0.5) is 0 Å². The van der Waals surface area contributed by atoms with Crippen LogP contribution in [-0.2, 0) is 6.42 Å². The van der Waals surface area contributed by atoms with Crippen LogP contribution in [0, 0.1) is 0 Å². The Balaban J connectivity index is 2.75. The highest BCUT2D eigenvalue weighted by molar-refractivity contribution is 9.10. The zero-order valence-electron chi connectivity index (χ0n) is 9.29. The van der Waals surface area contributed by atoms with Gasteiger partial charge in [0.2, 0.25) is 0 Å². The van der Waals surface area contributed by atoms with Gasteiger partial charge in [-0.15, -0.1) is 0 Å². The highest BCUT2D eigenvalue weighted by Crippen LogP contribution is 2.14. The lowest BCUT2D eigenvalue weighted by molar-refractivity contribution is 0.0990. The number of hydrogen-bond donors (Lipinski definition) is 0. The fourth-order valence-corrected chi connectivity index (χ4v) is 1.75. The van der Waals surface area contributed by atoms with E-state index in [2.05, 4.69) is 22.9 Å². The molecule has 1 aromatic rings. The van der Waals surface area contributed by atoms with Gasteiger partial charge in [0.05, 0.1) is 4.83 Å². The molecule has 0 bridgehead atoms. The third-order valence-electron chi connectivity index (χ3n) is 2.42. The summed E-state index contributed by atoms with van der Waals surface area (Å²) in [5, 5.41) is 0. The molecule has 2 heteroatoms. The summed E-state index contributed by atoms with van der Waals surface area (Å²) < 4.78 is 0. The zero-order valence-corrected chi connectivity index (χ0v) is 10.9. The van der Waals surface area contributed by atoms with Gasteiger partial charge in [0.15, 0.2) is 5.78 Å². The average Bonchev–Trinajstić information content (AvgIpc) is 2.28. The largest absolute Gasteiger partial charge is 0.293 e. The summed E-state index contributed by atoms with van der Waals surface area (Å²) in [5.41, 5.74) is 2.11.